The molecule has 0 aliphatic rings. The van der Waals surface area contributed by atoms with E-state index < -0.39 is 0 Å². The van der Waals surface area contributed by atoms with Crippen molar-refractivity contribution >= 4 is 11.6 Å². The minimum atomic E-state index is -0.236. The van der Waals surface area contributed by atoms with Crippen LogP contribution in [-0.4, -0.2) is 29.7 Å². The number of hydrogen-bond donors (Lipinski definition) is 1. The van der Waals surface area contributed by atoms with Gasteiger partial charge in [0.1, 0.15) is 12.4 Å². The lowest BCUT2D eigenvalue weighted by Crippen LogP contribution is -2.33. The van der Waals surface area contributed by atoms with Crippen molar-refractivity contribution in [1.29, 1.82) is 0 Å². The summed E-state index contributed by atoms with van der Waals surface area (Å²) in [6.45, 7) is 0.224. The van der Waals surface area contributed by atoms with E-state index in [9.17, 15) is 9.90 Å². The monoisotopic (exact) mass is 272 g/mol. The van der Waals surface area contributed by atoms with Crippen molar-refractivity contribution < 1.29 is 14.6 Å². The van der Waals surface area contributed by atoms with Crippen LogP contribution in [0.2, 0.25) is 0 Å². The van der Waals surface area contributed by atoms with Gasteiger partial charge in [-0.1, -0.05) is 18.2 Å². The van der Waals surface area contributed by atoms with Gasteiger partial charge >= 0.3 is 0 Å². The molecule has 5 nitrogen and oxygen atoms in total. The van der Waals surface area contributed by atoms with Gasteiger partial charge in [-0.3, -0.25) is 9.78 Å². The molecular weight excluding hydrogens is 256 g/mol. The van der Waals surface area contributed by atoms with Gasteiger partial charge in [-0.05, 0) is 24.3 Å². The number of amides is 1. The third-order valence-electron chi connectivity index (χ3n) is 2.79. The van der Waals surface area contributed by atoms with Crippen LogP contribution in [0.3, 0.4) is 0 Å². The van der Waals surface area contributed by atoms with Crippen molar-refractivity contribution in [2.45, 2.75) is 6.54 Å². The Morgan fingerprint density at radius 1 is 1.25 bits per heavy atom. The molecule has 0 unspecified atom stereocenters. The van der Waals surface area contributed by atoms with Crippen molar-refractivity contribution in [2.75, 3.05) is 18.6 Å². The normalized spacial score (nSPS) is 10.2. The molecule has 1 heterocycles. The predicted octanol–water partition coefficient (Wildman–Crippen LogP) is 1.97. The van der Waals surface area contributed by atoms with Gasteiger partial charge in [0.25, 0.3) is 5.91 Å². The van der Waals surface area contributed by atoms with E-state index in [1.165, 1.54) is 12.0 Å². The number of ether oxygens (including phenoxy) is 1. The van der Waals surface area contributed by atoms with Crippen LogP contribution in [0.15, 0.2) is 48.7 Å². The highest BCUT2D eigenvalue weighted by Crippen LogP contribution is 2.27. The fourth-order valence-electron chi connectivity index (χ4n) is 1.86. The van der Waals surface area contributed by atoms with E-state index >= 15 is 0 Å². The first-order chi connectivity index (χ1) is 9.72. The number of benzene rings is 1. The number of phenolic OH excluding ortho intramolecular Hbond substituents is 1. The van der Waals surface area contributed by atoms with E-state index in [-0.39, 0.29) is 24.8 Å². The Bertz CT molecular complexity index is 572. The van der Waals surface area contributed by atoms with Crippen LogP contribution in [-0.2, 0) is 16.1 Å². The first-order valence-electron chi connectivity index (χ1n) is 6.19. The second-order valence-electron chi connectivity index (χ2n) is 4.22. The van der Waals surface area contributed by atoms with E-state index in [1.54, 1.807) is 30.5 Å². The van der Waals surface area contributed by atoms with Gasteiger partial charge in [0.15, 0.2) is 0 Å². The number of anilines is 1. The summed E-state index contributed by atoms with van der Waals surface area (Å²) in [5.41, 5.74) is 1.18. The maximum Gasteiger partial charge on any atom is 0.253 e. The number of nitrogens with zero attached hydrogens (tertiary/aromatic N) is 2. The number of hydrogen-bond acceptors (Lipinski definition) is 4. The fourth-order valence-corrected chi connectivity index (χ4v) is 1.86. The topological polar surface area (TPSA) is 62.7 Å². The summed E-state index contributed by atoms with van der Waals surface area (Å²) in [6.07, 6.45) is 1.67. The summed E-state index contributed by atoms with van der Waals surface area (Å²) in [7, 11) is 1.46. The lowest BCUT2D eigenvalue weighted by molar-refractivity contribution is -0.122. The van der Waals surface area contributed by atoms with Crippen molar-refractivity contribution in [2.24, 2.45) is 0 Å². The van der Waals surface area contributed by atoms with Gasteiger partial charge in [0, 0.05) is 13.3 Å². The summed E-state index contributed by atoms with van der Waals surface area (Å²) in [5, 5.41) is 9.92. The molecule has 0 spiro atoms. The largest absolute Gasteiger partial charge is 0.506 e. The third-order valence-corrected chi connectivity index (χ3v) is 2.79. The molecule has 5 heteroatoms. The molecule has 2 rings (SSSR count). The molecule has 1 aromatic heterocycles. The number of phenols is 1. The van der Waals surface area contributed by atoms with Crippen molar-refractivity contribution in [3.05, 3.63) is 54.4 Å². The number of rotatable bonds is 5. The first kappa shape index (κ1) is 14.0. The van der Waals surface area contributed by atoms with Crippen molar-refractivity contribution in [3.8, 4) is 5.75 Å². The van der Waals surface area contributed by atoms with Gasteiger partial charge in [-0.15, -0.1) is 0 Å². The van der Waals surface area contributed by atoms with E-state index in [1.807, 2.05) is 18.2 Å². The van der Waals surface area contributed by atoms with Gasteiger partial charge in [-0.25, -0.2) is 0 Å². The van der Waals surface area contributed by atoms with Gasteiger partial charge in [0.05, 0.1) is 17.9 Å². The van der Waals surface area contributed by atoms with Gasteiger partial charge in [0.2, 0.25) is 0 Å². The Kier molecular flexibility index (Phi) is 4.68. The SMILES string of the molecule is COCC(=O)N(Cc1ccccn1)c1ccccc1O. The molecule has 1 aromatic carbocycles. The Morgan fingerprint density at radius 2 is 2.00 bits per heavy atom. The summed E-state index contributed by atoms with van der Waals surface area (Å²) < 4.78 is 4.89. The minimum Gasteiger partial charge on any atom is -0.506 e. The van der Waals surface area contributed by atoms with Crippen molar-refractivity contribution in [1.82, 2.24) is 4.98 Å². The molecular formula is C15H16N2O3. The minimum absolute atomic E-state index is 0.0490. The zero-order valence-corrected chi connectivity index (χ0v) is 11.2. The third kappa shape index (κ3) is 3.33. The van der Waals surface area contributed by atoms with E-state index in [4.69, 9.17) is 4.74 Å². The van der Waals surface area contributed by atoms with E-state index in [2.05, 4.69) is 4.98 Å². The maximum absolute atomic E-state index is 12.2. The summed E-state index contributed by atoms with van der Waals surface area (Å²) in [6, 6.07) is 12.2. The quantitative estimate of drug-likeness (QED) is 0.904. The molecule has 0 saturated heterocycles. The molecule has 0 aliphatic carbocycles. The number of para-hydroxylation sites is 2. The second kappa shape index (κ2) is 6.68. The van der Waals surface area contributed by atoms with Crippen LogP contribution >= 0.6 is 0 Å². The summed E-state index contributed by atoms with van der Waals surface area (Å²) in [5.74, 6) is -0.187. The number of carbonyl (C=O) groups excluding carboxylic acids is 1. The highest BCUT2D eigenvalue weighted by molar-refractivity contribution is 5.95. The number of methoxy groups -OCH3 is 1. The Hall–Kier alpha value is -2.40. The molecule has 104 valence electrons. The average Bonchev–Trinajstić information content (AvgIpc) is 2.47. The molecule has 0 fully saturated rings. The van der Waals surface area contributed by atoms with Crippen LogP contribution in [0, 0.1) is 0 Å². The van der Waals surface area contributed by atoms with Gasteiger partial charge in [-0.2, -0.15) is 0 Å². The summed E-state index contributed by atoms with van der Waals surface area (Å²) in [4.78, 5) is 17.8. The molecule has 20 heavy (non-hydrogen) atoms. The number of carbonyl (C=O) groups is 1. The Morgan fingerprint density at radius 3 is 2.65 bits per heavy atom. The highest BCUT2D eigenvalue weighted by Gasteiger charge is 2.19. The molecule has 0 aliphatic heterocycles. The maximum atomic E-state index is 12.2. The van der Waals surface area contributed by atoms with Crippen LogP contribution in [0.25, 0.3) is 0 Å². The molecule has 0 saturated carbocycles. The molecule has 1 N–H and O–H groups in total. The predicted molar refractivity (Wildman–Crippen MR) is 75.4 cm³/mol. The summed E-state index contributed by atoms with van der Waals surface area (Å²) >= 11 is 0. The average molecular weight is 272 g/mol. The molecule has 0 bridgehead atoms. The Labute approximate surface area is 117 Å². The lowest BCUT2D eigenvalue weighted by atomic mass is 10.2. The van der Waals surface area contributed by atoms with Crippen LogP contribution in [0.1, 0.15) is 5.69 Å². The Balaban J connectivity index is 2.30. The molecule has 0 atom stereocenters. The van der Waals surface area contributed by atoms with Crippen LogP contribution < -0.4 is 4.90 Å². The molecule has 1 amide bonds. The second-order valence-corrected chi connectivity index (χ2v) is 4.22. The number of aromatic hydroxyl groups is 1. The number of pyridine rings is 1. The fraction of sp³-hybridized carbons (Fsp3) is 0.200. The highest BCUT2D eigenvalue weighted by atomic mass is 16.5. The lowest BCUT2D eigenvalue weighted by Gasteiger charge is -2.23. The molecule has 2 aromatic rings. The van der Waals surface area contributed by atoms with Gasteiger partial charge < -0.3 is 14.7 Å². The zero-order chi connectivity index (χ0) is 14.4. The van der Waals surface area contributed by atoms with E-state index in [0.717, 1.165) is 5.69 Å². The zero-order valence-electron chi connectivity index (χ0n) is 11.2. The van der Waals surface area contributed by atoms with Crippen LogP contribution in [0.5, 0.6) is 5.75 Å². The first-order valence-corrected chi connectivity index (χ1v) is 6.19. The number of aromatic nitrogens is 1. The van der Waals surface area contributed by atoms with Crippen molar-refractivity contribution in [3.63, 3.8) is 0 Å². The standard InChI is InChI=1S/C15H16N2O3/c1-20-11-15(19)17(10-12-6-4-5-9-16-12)13-7-2-3-8-14(13)18/h2-9,18H,10-11H2,1H3. The smallest absolute Gasteiger partial charge is 0.253 e. The van der Waals surface area contributed by atoms with E-state index in [0.29, 0.717) is 5.69 Å². The molecule has 0 radical (unpaired) electrons. The van der Waals surface area contributed by atoms with Crippen LogP contribution in [0.4, 0.5) is 5.69 Å².